The topological polar surface area (TPSA) is 63.7 Å². The lowest BCUT2D eigenvalue weighted by Crippen LogP contribution is -2.58. The standard InChI is InChI=1S/C30H37NO4/c1-18(32)30(35-19(2)33)15-14-27-25-12-8-21-16-23(34)11-13-24(21)28(25)26(17-29(27,30)3)20-6-9-22(10-7-20)31(4)5/h6-7,9-11,13,25-28H,8,12,14-17H2,1-5H3/t25?,26?,27?,28?,29-,30?/m0/s1. The van der Waals surface area contributed by atoms with E-state index in [1.807, 2.05) is 14.1 Å². The summed E-state index contributed by atoms with van der Waals surface area (Å²) in [5, 5.41) is 0. The van der Waals surface area contributed by atoms with E-state index in [-0.39, 0.29) is 23.5 Å². The van der Waals surface area contributed by atoms with Crippen molar-refractivity contribution in [2.75, 3.05) is 19.0 Å². The Balaban J connectivity index is 1.64. The Labute approximate surface area is 208 Å². The SMILES string of the molecule is CC(=O)OC1(C(C)=O)CCC2C3CCC4=C(C=CC(=O)C4)C3C(c3ccc(N(C)C)cc3)C[C@@]21C. The maximum Gasteiger partial charge on any atom is 0.303 e. The molecular formula is C30H37NO4. The van der Waals surface area contributed by atoms with Crippen LogP contribution in [-0.2, 0) is 19.1 Å². The van der Waals surface area contributed by atoms with Gasteiger partial charge in [0.05, 0.1) is 0 Å². The highest BCUT2D eigenvalue weighted by Gasteiger charge is 2.68. The molecule has 186 valence electrons. The van der Waals surface area contributed by atoms with Crippen LogP contribution < -0.4 is 4.90 Å². The van der Waals surface area contributed by atoms with Crippen molar-refractivity contribution >= 4 is 23.2 Å². The van der Waals surface area contributed by atoms with Gasteiger partial charge in [0.15, 0.2) is 17.2 Å². The number of rotatable bonds is 4. The lowest BCUT2D eigenvalue weighted by atomic mass is 9.48. The summed E-state index contributed by atoms with van der Waals surface area (Å²) < 4.78 is 6.00. The number of hydrogen-bond acceptors (Lipinski definition) is 5. The summed E-state index contributed by atoms with van der Waals surface area (Å²) in [6.45, 7) is 5.23. The molecule has 2 saturated carbocycles. The molecule has 5 unspecified atom stereocenters. The average Bonchev–Trinajstić information content (AvgIpc) is 3.10. The molecule has 0 aromatic heterocycles. The van der Waals surface area contributed by atoms with E-state index in [0.717, 1.165) is 31.4 Å². The van der Waals surface area contributed by atoms with E-state index >= 15 is 0 Å². The maximum atomic E-state index is 13.2. The first-order valence-corrected chi connectivity index (χ1v) is 13.0. The first-order chi connectivity index (χ1) is 16.6. The lowest BCUT2D eigenvalue weighted by molar-refractivity contribution is -0.185. The molecule has 5 nitrogen and oxygen atoms in total. The van der Waals surface area contributed by atoms with E-state index in [4.69, 9.17) is 4.74 Å². The molecule has 4 aliphatic carbocycles. The number of nitrogens with zero attached hydrogens (tertiary/aromatic N) is 1. The summed E-state index contributed by atoms with van der Waals surface area (Å²) in [5.74, 6) is 0.976. The van der Waals surface area contributed by atoms with E-state index in [1.54, 1.807) is 13.0 Å². The number of fused-ring (bicyclic) bond motifs is 4. The minimum atomic E-state index is -1.07. The molecule has 0 amide bonds. The van der Waals surface area contributed by atoms with Gasteiger partial charge in [0.2, 0.25) is 0 Å². The van der Waals surface area contributed by atoms with Gasteiger partial charge >= 0.3 is 5.97 Å². The summed E-state index contributed by atoms with van der Waals surface area (Å²) >= 11 is 0. The quantitative estimate of drug-likeness (QED) is 0.546. The molecule has 0 N–H and O–H groups in total. The van der Waals surface area contributed by atoms with Crippen LogP contribution in [0.25, 0.3) is 0 Å². The molecule has 1 aromatic carbocycles. The number of esters is 1. The molecule has 0 heterocycles. The zero-order valence-electron chi connectivity index (χ0n) is 21.6. The van der Waals surface area contributed by atoms with Crippen molar-refractivity contribution in [3.8, 4) is 0 Å². The fourth-order valence-electron chi connectivity index (χ4n) is 8.23. The minimum Gasteiger partial charge on any atom is -0.451 e. The average molecular weight is 476 g/mol. The Morgan fingerprint density at radius 3 is 2.40 bits per heavy atom. The highest BCUT2D eigenvalue weighted by molar-refractivity contribution is 5.93. The molecule has 0 spiro atoms. The van der Waals surface area contributed by atoms with Gasteiger partial charge in [-0.25, -0.2) is 0 Å². The van der Waals surface area contributed by atoms with Gasteiger partial charge in [-0.15, -0.1) is 0 Å². The van der Waals surface area contributed by atoms with Crippen LogP contribution in [0.1, 0.15) is 70.8 Å². The van der Waals surface area contributed by atoms with E-state index in [9.17, 15) is 14.4 Å². The Bertz CT molecular complexity index is 1130. The fourth-order valence-corrected chi connectivity index (χ4v) is 8.23. The summed E-state index contributed by atoms with van der Waals surface area (Å²) in [5.41, 5.74) is 3.56. The highest BCUT2D eigenvalue weighted by atomic mass is 16.6. The molecule has 0 bridgehead atoms. The minimum absolute atomic E-state index is 0.0308. The van der Waals surface area contributed by atoms with Gasteiger partial charge in [-0.3, -0.25) is 14.4 Å². The second kappa shape index (κ2) is 8.46. The van der Waals surface area contributed by atoms with Crippen LogP contribution in [0.3, 0.4) is 0 Å². The van der Waals surface area contributed by atoms with Crippen molar-refractivity contribution in [3.63, 3.8) is 0 Å². The number of allylic oxidation sites excluding steroid dienone is 4. The van der Waals surface area contributed by atoms with Gasteiger partial charge in [0.1, 0.15) is 0 Å². The zero-order valence-corrected chi connectivity index (χ0v) is 21.6. The molecular weight excluding hydrogens is 438 g/mol. The number of anilines is 1. The fraction of sp³-hybridized carbons (Fsp3) is 0.567. The monoisotopic (exact) mass is 475 g/mol. The molecule has 35 heavy (non-hydrogen) atoms. The number of carbonyl (C=O) groups excluding carboxylic acids is 3. The molecule has 2 fully saturated rings. The normalized spacial score (nSPS) is 35.7. The third-order valence-electron chi connectivity index (χ3n) is 9.71. The van der Waals surface area contributed by atoms with E-state index < -0.39 is 11.0 Å². The van der Waals surface area contributed by atoms with Gasteiger partial charge in [-0.05, 0) is 92.0 Å². The van der Waals surface area contributed by atoms with Gasteiger partial charge in [0, 0.05) is 38.5 Å². The van der Waals surface area contributed by atoms with Crippen molar-refractivity contribution < 1.29 is 19.1 Å². The molecule has 4 aliphatic rings. The zero-order chi connectivity index (χ0) is 25.1. The molecule has 5 rings (SSSR count). The number of benzene rings is 1. The molecule has 0 radical (unpaired) electrons. The van der Waals surface area contributed by atoms with Crippen molar-refractivity contribution in [1.82, 2.24) is 0 Å². The Morgan fingerprint density at radius 2 is 1.77 bits per heavy atom. The first kappa shape index (κ1) is 24.0. The van der Waals surface area contributed by atoms with Crippen molar-refractivity contribution in [2.24, 2.45) is 23.2 Å². The summed E-state index contributed by atoms with van der Waals surface area (Å²) in [7, 11) is 4.08. The predicted molar refractivity (Wildman–Crippen MR) is 136 cm³/mol. The number of Topliss-reactive ketones (excluding diaryl/α,β-unsaturated/α-hetero) is 1. The van der Waals surface area contributed by atoms with Crippen LogP contribution in [0.5, 0.6) is 0 Å². The van der Waals surface area contributed by atoms with Crippen LogP contribution in [-0.4, -0.2) is 37.2 Å². The van der Waals surface area contributed by atoms with Crippen LogP contribution >= 0.6 is 0 Å². The van der Waals surface area contributed by atoms with E-state index in [1.165, 1.54) is 23.6 Å². The van der Waals surface area contributed by atoms with Crippen LogP contribution in [0.15, 0.2) is 47.6 Å². The Hall–Kier alpha value is -2.69. The second-order valence-electron chi connectivity index (χ2n) is 11.6. The van der Waals surface area contributed by atoms with E-state index in [0.29, 0.717) is 30.6 Å². The molecule has 5 heteroatoms. The van der Waals surface area contributed by atoms with Crippen molar-refractivity contribution in [1.29, 1.82) is 0 Å². The number of ether oxygens (including phenoxy) is 1. The summed E-state index contributed by atoms with van der Waals surface area (Å²) in [4.78, 5) is 39.8. The number of ketones is 2. The van der Waals surface area contributed by atoms with Crippen LogP contribution in [0.4, 0.5) is 5.69 Å². The molecule has 1 aromatic rings. The van der Waals surface area contributed by atoms with Crippen LogP contribution in [0, 0.1) is 23.2 Å². The molecule has 6 atom stereocenters. The first-order valence-electron chi connectivity index (χ1n) is 13.0. The number of carbonyl (C=O) groups is 3. The van der Waals surface area contributed by atoms with Crippen molar-refractivity contribution in [2.45, 2.75) is 70.8 Å². The summed E-state index contributed by atoms with van der Waals surface area (Å²) in [6, 6.07) is 8.78. The highest BCUT2D eigenvalue weighted by Crippen LogP contribution is 2.68. The lowest BCUT2D eigenvalue weighted by Gasteiger charge is -2.57. The van der Waals surface area contributed by atoms with Gasteiger partial charge in [-0.1, -0.05) is 30.7 Å². The summed E-state index contributed by atoms with van der Waals surface area (Å²) in [6.07, 6.45) is 8.60. The van der Waals surface area contributed by atoms with Crippen molar-refractivity contribution in [3.05, 3.63) is 53.1 Å². The third kappa shape index (κ3) is 3.61. The van der Waals surface area contributed by atoms with Gasteiger partial charge in [-0.2, -0.15) is 0 Å². The Kier molecular flexibility index (Phi) is 5.81. The predicted octanol–water partition coefficient (Wildman–Crippen LogP) is 5.40. The number of hydrogen-bond donors (Lipinski definition) is 0. The van der Waals surface area contributed by atoms with Gasteiger partial charge < -0.3 is 9.64 Å². The maximum absolute atomic E-state index is 13.2. The Morgan fingerprint density at radius 1 is 1.06 bits per heavy atom. The molecule has 0 aliphatic heterocycles. The van der Waals surface area contributed by atoms with Crippen LogP contribution in [0.2, 0.25) is 0 Å². The molecule has 0 saturated heterocycles. The third-order valence-corrected chi connectivity index (χ3v) is 9.71. The smallest absolute Gasteiger partial charge is 0.303 e. The largest absolute Gasteiger partial charge is 0.451 e. The van der Waals surface area contributed by atoms with E-state index in [2.05, 4.69) is 42.2 Å². The van der Waals surface area contributed by atoms with Gasteiger partial charge in [0.25, 0.3) is 0 Å². The second-order valence-corrected chi connectivity index (χ2v) is 11.6.